The van der Waals surface area contributed by atoms with E-state index in [2.05, 4.69) is 58.8 Å². The molecule has 0 unspecified atom stereocenters. The predicted octanol–water partition coefficient (Wildman–Crippen LogP) is 3.38. The van der Waals surface area contributed by atoms with Crippen molar-refractivity contribution < 1.29 is 0 Å². The molecule has 0 spiro atoms. The van der Waals surface area contributed by atoms with Gasteiger partial charge in [0.15, 0.2) is 5.96 Å². The quantitative estimate of drug-likeness (QED) is 0.319. The number of nitrogens with zero attached hydrogens (tertiary/aromatic N) is 1. The van der Waals surface area contributed by atoms with Gasteiger partial charge in [-0.25, -0.2) is 0 Å². The molecule has 0 fully saturated rings. The summed E-state index contributed by atoms with van der Waals surface area (Å²) in [7, 11) is 0. The van der Waals surface area contributed by atoms with Crippen LogP contribution in [0.4, 0.5) is 0 Å². The highest BCUT2D eigenvalue weighted by Crippen LogP contribution is 2.02. The molecule has 0 aliphatic carbocycles. The van der Waals surface area contributed by atoms with E-state index >= 15 is 0 Å². The van der Waals surface area contributed by atoms with E-state index < -0.39 is 0 Å². The second-order valence-electron chi connectivity index (χ2n) is 5.02. The van der Waals surface area contributed by atoms with Crippen molar-refractivity contribution in [2.75, 3.05) is 13.1 Å². The molecule has 4 heteroatoms. The SMILES string of the molecule is I.NC(=NCCCc1ccccc1)NCCc1ccccc1. The van der Waals surface area contributed by atoms with E-state index in [1.807, 2.05) is 12.1 Å². The summed E-state index contributed by atoms with van der Waals surface area (Å²) in [6.07, 6.45) is 3.02. The molecule has 2 rings (SSSR count). The summed E-state index contributed by atoms with van der Waals surface area (Å²) >= 11 is 0. The van der Waals surface area contributed by atoms with E-state index in [-0.39, 0.29) is 24.0 Å². The van der Waals surface area contributed by atoms with Gasteiger partial charge in [-0.2, -0.15) is 0 Å². The molecule has 0 aliphatic heterocycles. The maximum atomic E-state index is 5.86. The zero-order valence-electron chi connectivity index (χ0n) is 12.7. The van der Waals surface area contributed by atoms with Gasteiger partial charge >= 0.3 is 0 Å². The molecule has 0 saturated carbocycles. The van der Waals surface area contributed by atoms with Crippen LogP contribution in [-0.4, -0.2) is 19.0 Å². The Morgan fingerprint density at radius 3 is 2.00 bits per heavy atom. The fourth-order valence-electron chi connectivity index (χ4n) is 2.16. The minimum Gasteiger partial charge on any atom is -0.370 e. The van der Waals surface area contributed by atoms with E-state index in [9.17, 15) is 0 Å². The molecule has 0 saturated heterocycles. The van der Waals surface area contributed by atoms with Crippen LogP contribution in [0.2, 0.25) is 0 Å². The highest BCUT2D eigenvalue weighted by atomic mass is 127. The molecule has 0 radical (unpaired) electrons. The molecule has 22 heavy (non-hydrogen) atoms. The number of aryl methyl sites for hydroxylation is 1. The Morgan fingerprint density at radius 2 is 1.41 bits per heavy atom. The molecule has 0 atom stereocenters. The third-order valence-corrected chi connectivity index (χ3v) is 3.31. The van der Waals surface area contributed by atoms with Gasteiger partial charge in [-0.05, 0) is 30.4 Å². The Labute approximate surface area is 150 Å². The summed E-state index contributed by atoms with van der Waals surface area (Å²) in [6, 6.07) is 20.8. The number of benzene rings is 2. The molecule has 0 heterocycles. The van der Waals surface area contributed by atoms with Crippen LogP contribution in [-0.2, 0) is 12.8 Å². The number of guanidine groups is 1. The van der Waals surface area contributed by atoms with Crippen LogP contribution in [0.15, 0.2) is 65.7 Å². The van der Waals surface area contributed by atoms with E-state index in [1.165, 1.54) is 11.1 Å². The maximum Gasteiger partial charge on any atom is 0.188 e. The number of nitrogens with one attached hydrogen (secondary N) is 1. The smallest absolute Gasteiger partial charge is 0.188 e. The Hall–Kier alpha value is -1.56. The average molecular weight is 409 g/mol. The molecule has 0 aliphatic rings. The molecule has 3 N–H and O–H groups in total. The summed E-state index contributed by atoms with van der Waals surface area (Å²) in [4.78, 5) is 4.35. The molecule has 0 bridgehead atoms. The number of rotatable bonds is 7. The first kappa shape index (κ1) is 18.5. The van der Waals surface area contributed by atoms with Crippen LogP contribution >= 0.6 is 24.0 Å². The Morgan fingerprint density at radius 1 is 0.864 bits per heavy atom. The van der Waals surface area contributed by atoms with E-state index in [4.69, 9.17) is 5.73 Å². The topological polar surface area (TPSA) is 50.4 Å². The van der Waals surface area contributed by atoms with Crippen LogP contribution in [0.25, 0.3) is 0 Å². The number of aliphatic imine (C=N–C) groups is 1. The largest absolute Gasteiger partial charge is 0.370 e. The lowest BCUT2D eigenvalue weighted by Gasteiger charge is -2.06. The van der Waals surface area contributed by atoms with Gasteiger partial charge in [-0.3, -0.25) is 4.99 Å². The predicted molar refractivity (Wildman–Crippen MR) is 105 cm³/mol. The van der Waals surface area contributed by atoms with Gasteiger partial charge in [0.1, 0.15) is 0 Å². The van der Waals surface area contributed by atoms with Crippen LogP contribution in [0.5, 0.6) is 0 Å². The Bertz CT molecular complexity index is 541. The van der Waals surface area contributed by atoms with Crippen molar-refractivity contribution in [3.05, 3.63) is 71.8 Å². The normalized spacial score (nSPS) is 10.8. The average Bonchev–Trinajstić information content (AvgIpc) is 2.54. The fraction of sp³-hybridized carbons (Fsp3) is 0.278. The molecule has 3 nitrogen and oxygen atoms in total. The summed E-state index contributed by atoms with van der Waals surface area (Å²) in [6.45, 7) is 1.58. The second kappa shape index (κ2) is 11.1. The molecule has 0 aromatic heterocycles. The Balaban J connectivity index is 0.00000242. The summed E-state index contributed by atoms with van der Waals surface area (Å²) in [5.41, 5.74) is 8.51. The van der Waals surface area contributed by atoms with Crippen molar-refractivity contribution in [1.29, 1.82) is 0 Å². The lowest BCUT2D eigenvalue weighted by atomic mass is 10.1. The highest BCUT2D eigenvalue weighted by molar-refractivity contribution is 14.0. The van der Waals surface area contributed by atoms with Crippen molar-refractivity contribution in [1.82, 2.24) is 5.32 Å². The first-order chi connectivity index (χ1) is 10.3. The highest BCUT2D eigenvalue weighted by Gasteiger charge is 1.94. The van der Waals surface area contributed by atoms with Crippen LogP contribution < -0.4 is 11.1 Å². The van der Waals surface area contributed by atoms with Gasteiger partial charge in [0, 0.05) is 13.1 Å². The Kier molecular flexibility index (Phi) is 9.30. The van der Waals surface area contributed by atoms with Gasteiger partial charge in [0.25, 0.3) is 0 Å². The zero-order valence-corrected chi connectivity index (χ0v) is 15.1. The molecular weight excluding hydrogens is 385 g/mol. The molecule has 0 amide bonds. The van der Waals surface area contributed by atoms with E-state index in [0.717, 1.165) is 32.4 Å². The zero-order chi connectivity index (χ0) is 14.8. The van der Waals surface area contributed by atoms with Crippen molar-refractivity contribution >= 4 is 29.9 Å². The molecule has 2 aromatic rings. The van der Waals surface area contributed by atoms with Crippen molar-refractivity contribution in [3.8, 4) is 0 Å². The van der Waals surface area contributed by atoms with E-state index in [1.54, 1.807) is 0 Å². The molecule has 2 aromatic carbocycles. The summed E-state index contributed by atoms with van der Waals surface area (Å²) in [5.74, 6) is 0.541. The lowest BCUT2D eigenvalue weighted by molar-refractivity contribution is 0.808. The number of halogens is 1. The third kappa shape index (κ3) is 7.45. The van der Waals surface area contributed by atoms with Gasteiger partial charge in [0.05, 0.1) is 0 Å². The monoisotopic (exact) mass is 409 g/mol. The van der Waals surface area contributed by atoms with Gasteiger partial charge in [-0.1, -0.05) is 60.7 Å². The van der Waals surface area contributed by atoms with Gasteiger partial charge in [0.2, 0.25) is 0 Å². The van der Waals surface area contributed by atoms with Crippen molar-refractivity contribution in [3.63, 3.8) is 0 Å². The first-order valence-corrected chi connectivity index (χ1v) is 7.46. The number of hydrogen-bond acceptors (Lipinski definition) is 1. The second-order valence-corrected chi connectivity index (χ2v) is 5.02. The van der Waals surface area contributed by atoms with Crippen LogP contribution in [0, 0.1) is 0 Å². The maximum absolute atomic E-state index is 5.86. The third-order valence-electron chi connectivity index (χ3n) is 3.31. The van der Waals surface area contributed by atoms with Crippen molar-refractivity contribution in [2.45, 2.75) is 19.3 Å². The van der Waals surface area contributed by atoms with Crippen LogP contribution in [0.1, 0.15) is 17.5 Å². The number of nitrogens with two attached hydrogens (primary N) is 1. The molecule has 118 valence electrons. The summed E-state index contributed by atoms with van der Waals surface area (Å²) in [5, 5.41) is 3.16. The fourth-order valence-corrected chi connectivity index (χ4v) is 2.16. The minimum atomic E-state index is 0. The van der Waals surface area contributed by atoms with E-state index in [0.29, 0.717) is 5.96 Å². The van der Waals surface area contributed by atoms with Gasteiger partial charge in [-0.15, -0.1) is 24.0 Å². The first-order valence-electron chi connectivity index (χ1n) is 7.46. The summed E-state index contributed by atoms with van der Waals surface area (Å²) < 4.78 is 0. The van der Waals surface area contributed by atoms with Gasteiger partial charge < -0.3 is 11.1 Å². The lowest BCUT2D eigenvalue weighted by Crippen LogP contribution is -2.33. The number of hydrogen-bond donors (Lipinski definition) is 2. The molecular formula is C18H24IN3. The standard InChI is InChI=1S/C18H23N3.HI/c19-18(21-15-13-17-10-5-2-6-11-17)20-14-7-12-16-8-3-1-4-9-16;/h1-6,8-11H,7,12-15H2,(H3,19,20,21);1H. The minimum absolute atomic E-state index is 0. The van der Waals surface area contributed by atoms with Crippen LogP contribution in [0.3, 0.4) is 0 Å². The van der Waals surface area contributed by atoms with Crippen molar-refractivity contribution in [2.24, 2.45) is 10.7 Å².